The molecule has 10 N–H and O–H groups in total. The Labute approximate surface area is 309 Å². The molecule has 0 fully saturated rings. The minimum atomic E-state index is -1.15. The number of fused-ring (bicyclic) bond motifs is 5. The molecule has 9 aromatic rings. The van der Waals surface area contributed by atoms with Crippen LogP contribution in [-0.2, 0) is 0 Å². The van der Waals surface area contributed by atoms with Crippen molar-refractivity contribution >= 4 is 43.5 Å². The first-order valence-corrected chi connectivity index (χ1v) is 16.9. The fraction of sp³-hybridized carbons (Fsp3) is 0. The van der Waals surface area contributed by atoms with Crippen molar-refractivity contribution < 1.29 is 55.5 Å². The fourth-order valence-corrected chi connectivity index (χ4v) is 7.62. The molecule has 270 valence electrons. The SMILES string of the molecule is Oc1c(O)c(O)c(-c2c3ccccc3c(-c3c(O)c(O)c(O)c(O)c3O)c3cc(-c4cccc5c4oc4c(-c6ccccc6)cccc45)ccc23)c(O)c1O. The molecule has 0 aliphatic carbocycles. The van der Waals surface area contributed by atoms with Crippen LogP contribution >= 0.6 is 0 Å². The average Bonchev–Trinajstić information content (AvgIpc) is 3.61. The maximum Gasteiger partial charge on any atom is 0.208 e. The van der Waals surface area contributed by atoms with Crippen LogP contribution in [0.4, 0.5) is 0 Å². The summed E-state index contributed by atoms with van der Waals surface area (Å²) >= 11 is 0. The van der Waals surface area contributed by atoms with Crippen LogP contribution in [0.25, 0.3) is 88.0 Å². The van der Waals surface area contributed by atoms with Gasteiger partial charge in [-0.25, -0.2) is 0 Å². The van der Waals surface area contributed by atoms with E-state index >= 15 is 0 Å². The van der Waals surface area contributed by atoms with Gasteiger partial charge in [0.2, 0.25) is 34.5 Å². The zero-order valence-electron chi connectivity index (χ0n) is 28.3. The molecular weight excluding hydrogens is 704 g/mol. The molecule has 0 radical (unpaired) electrons. The number of hydrogen-bond donors (Lipinski definition) is 10. The number of aromatic hydroxyl groups is 10. The Hall–Kier alpha value is -7.92. The number of hydrogen-bond acceptors (Lipinski definition) is 11. The van der Waals surface area contributed by atoms with Crippen molar-refractivity contribution in [2.45, 2.75) is 0 Å². The number of furan rings is 1. The molecule has 0 saturated heterocycles. The molecule has 0 bridgehead atoms. The first-order valence-electron chi connectivity index (χ1n) is 16.9. The lowest BCUT2D eigenvalue weighted by Crippen LogP contribution is -1.94. The predicted molar refractivity (Wildman–Crippen MR) is 207 cm³/mol. The van der Waals surface area contributed by atoms with E-state index < -0.39 is 68.6 Å². The van der Waals surface area contributed by atoms with Gasteiger partial charge in [0.05, 0.1) is 11.1 Å². The Kier molecular flexibility index (Phi) is 7.07. The Balaban J connectivity index is 1.44. The van der Waals surface area contributed by atoms with E-state index in [2.05, 4.69) is 0 Å². The molecule has 55 heavy (non-hydrogen) atoms. The second kappa shape index (κ2) is 11.8. The zero-order chi connectivity index (χ0) is 38.4. The lowest BCUT2D eigenvalue weighted by Gasteiger charge is -2.22. The molecule has 11 heteroatoms. The number of phenols is 10. The predicted octanol–water partition coefficient (Wildman–Crippen LogP) is 9.62. The molecule has 0 atom stereocenters. The minimum Gasteiger partial charge on any atom is -0.504 e. The number of benzene rings is 8. The number of phenolic OH excluding ortho intramolecular Hbond substituents is 10. The monoisotopic (exact) mass is 732 g/mol. The first-order chi connectivity index (χ1) is 26.5. The van der Waals surface area contributed by atoms with Gasteiger partial charge in [-0.2, -0.15) is 0 Å². The van der Waals surface area contributed by atoms with E-state index in [9.17, 15) is 51.1 Å². The van der Waals surface area contributed by atoms with Crippen LogP contribution in [0.5, 0.6) is 57.5 Å². The van der Waals surface area contributed by atoms with Crippen molar-refractivity contribution in [1.29, 1.82) is 0 Å². The molecule has 11 nitrogen and oxygen atoms in total. The van der Waals surface area contributed by atoms with Crippen LogP contribution in [0.3, 0.4) is 0 Å². The lowest BCUT2D eigenvalue weighted by molar-refractivity contribution is 0.330. The third-order valence-electron chi connectivity index (χ3n) is 10.2. The van der Waals surface area contributed by atoms with Crippen LogP contribution in [0.1, 0.15) is 0 Å². The Bertz CT molecular complexity index is 3030. The smallest absolute Gasteiger partial charge is 0.208 e. The van der Waals surface area contributed by atoms with Gasteiger partial charge in [-0.1, -0.05) is 103 Å². The Morgan fingerprint density at radius 3 is 1.15 bits per heavy atom. The summed E-state index contributed by atoms with van der Waals surface area (Å²) in [5.41, 5.74) is 3.42. The third-order valence-corrected chi connectivity index (χ3v) is 10.2. The molecule has 1 aromatic heterocycles. The van der Waals surface area contributed by atoms with Crippen molar-refractivity contribution in [1.82, 2.24) is 0 Å². The summed E-state index contributed by atoms with van der Waals surface area (Å²) in [7, 11) is 0. The van der Waals surface area contributed by atoms with Crippen molar-refractivity contribution in [2.24, 2.45) is 0 Å². The largest absolute Gasteiger partial charge is 0.504 e. The summed E-state index contributed by atoms with van der Waals surface area (Å²) in [6.07, 6.45) is 0. The van der Waals surface area contributed by atoms with Crippen molar-refractivity contribution in [3.05, 3.63) is 109 Å². The summed E-state index contributed by atoms with van der Waals surface area (Å²) in [5.74, 6) is -10.5. The van der Waals surface area contributed by atoms with E-state index in [1.54, 1.807) is 42.5 Å². The third kappa shape index (κ3) is 4.56. The van der Waals surface area contributed by atoms with Gasteiger partial charge in [0.15, 0.2) is 23.0 Å². The minimum absolute atomic E-state index is 0.0474. The molecule has 0 amide bonds. The molecule has 0 saturated carbocycles. The van der Waals surface area contributed by atoms with Crippen molar-refractivity contribution in [3.63, 3.8) is 0 Å². The highest BCUT2D eigenvalue weighted by atomic mass is 16.4. The summed E-state index contributed by atoms with van der Waals surface area (Å²) in [5, 5.41) is 111. The molecule has 8 aromatic carbocycles. The van der Waals surface area contributed by atoms with Gasteiger partial charge in [0.25, 0.3) is 0 Å². The second-order valence-corrected chi connectivity index (χ2v) is 13.1. The highest BCUT2D eigenvalue weighted by molar-refractivity contribution is 6.25. The van der Waals surface area contributed by atoms with E-state index in [0.29, 0.717) is 22.3 Å². The fourth-order valence-electron chi connectivity index (χ4n) is 7.62. The van der Waals surface area contributed by atoms with Gasteiger partial charge in [-0.3, -0.25) is 0 Å². The number of para-hydroxylation sites is 2. The van der Waals surface area contributed by atoms with Gasteiger partial charge >= 0.3 is 0 Å². The standard InChI is InChI=1S/C44H28O11/c45-33-31(34(46)38(50)41(53)37(33)49)29-23-10-4-5-11-24(23)30(32-35(47)39(51)42(54)40(52)36(32)48)28-18-20(16-17-25(28)29)22-13-7-15-27-26-14-6-12-21(43(26)55-44(22)27)19-8-2-1-3-9-19/h1-18,45-54H. The van der Waals surface area contributed by atoms with Crippen LogP contribution < -0.4 is 0 Å². The van der Waals surface area contributed by atoms with E-state index in [1.165, 1.54) is 0 Å². The molecular formula is C44H28O11. The summed E-state index contributed by atoms with van der Waals surface area (Å²) < 4.78 is 6.65. The quantitative estimate of drug-likeness (QED) is 0.0467. The van der Waals surface area contributed by atoms with Gasteiger partial charge in [-0.05, 0) is 38.7 Å². The van der Waals surface area contributed by atoms with Gasteiger partial charge in [0.1, 0.15) is 11.2 Å². The first kappa shape index (κ1) is 33.0. The maximum atomic E-state index is 11.3. The maximum absolute atomic E-state index is 11.3. The normalized spacial score (nSPS) is 11.6. The van der Waals surface area contributed by atoms with E-state index in [4.69, 9.17) is 4.42 Å². The summed E-state index contributed by atoms with van der Waals surface area (Å²) in [6.45, 7) is 0. The molecule has 0 aliphatic heterocycles. The van der Waals surface area contributed by atoms with Crippen LogP contribution in [0, 0.1) is 0 Å². The van der Waals surface area contributed by atoms with Crippen molar-refractivity contribution in [2.75, 3.05) is 0 Å². The van der Waals surface area contributed by atoms with Gasteiger partial charge in [-0.15, -0.1) is 0 Å². The summed E-state index contributed by atoms with van der Waals surface area (Å²) in [4.78, 5) is 0. The Morgan fingerprint density at radius 1 is 0.273 bits per heavy atom. The van der Waals surface area contributed by atoms with E-state index in [-0.39, 0.29) is 32.7 Å². The van der Waals surface area contributed by atoms with Crippen LogP contribution in [-0.4, -0.2) is 51.1 Å². The van der Waals surface area contributed by atoms with Crippen LogP contribution in [0.2, 0.25) is 0 Å². The molecule has 0 spiro atoms. The Morgan fingerprint density at radius 2 is 0.655 bits per heavy atom. The molecule has 9 rings (SSSR count). The lowest BCUT2D eigenvalue weighted by atomic mass is 9.83. The molecule has 0 unspecified atom stereocenters. The topological polar surface area (TPSA) is 215 Å². The van der Waals surface area contributed by atoms with E-state index in [1.807, 2.05) is 66.7 Å². The van der Waals surface area contributed by atoms with Crippen molar-refractivity contribution in [3.8, 4) is 102 Å². The average molecular weight is 733 g/mol. The summed E-state index contributed by atoms with van der Waals surface area (Å²) in [6, 6.07) is 32.7. The number of rotatable bonds is 4. The van der Waals surface area contributed by atoms with E-state index in [0.717, 1.165) is 21.9 Å². The molecule has 0 aliphatic rings. The highest BCUT2D eigenvalue weighted by Gasteiger charge is 2.31. The van der Waals surface area contributed by atoms with Crippen LogP contribution in [0.15, 0.2) is 114 Å². The second-order valence-electron chi connectivity index (χ2n) is 13.1. The van der Waals surface area contributed by atoms with Gasteiger partial charge in [0, 0.05) is 33.0 Å². The molecule has 1 heterocycles. The highest BCUT2D eigenvalue weighted by Crippen LogP contribution is 2.61. The van der Waals surface area contributed by atoms with Gasteiger partial charge < -0.3 is 55.5 Å². The zero-order valence-corrected chi connectivity index (χ0v) is 28.3.